The van der Waals surface area contributed by atoms with Gasteiger partial charge in [0, 0.05) is 12.1 Å². The highest BCUT2D eigenvalue weighted by Crippen LogP contribution is 2.37. The first kappa shape index (κ1) is 23.1. The second kappa shape index (κ2) is 10.0. The van der Waals surface area contributed by atoms with Crippen molar-refractivity contribution in [3.63, 3.8) is 0 Å². The quantitative estimate of drug-likeness (QED) is 0.626. The molecule has 0 amide bonds. The lowest BCUT2D eigenvalue weighted by Crippen LogP contribution is -2.55. The third-order valence-corrected chi connectivity index (χ3v) is 5.49. The van der Waals surface area contributed by atoms with E-state index in [0.717, 1.165) is 11.1 Å². The van der Waals surface area contributed by atoms with Gasteiger partial charge in [-0.25, -0.2) is 0 Å². The molecule has 158 valence electrons. The fourth-order valence-electron chi connectivity index (χ4n) is 3.74. The monoisotopic (exact) mass is 397 g/mol. The number of nitrogens with zero attached hydrogens (tertiary/aromatic N) is 1. The van der Waals surface area contributed by atoms with Crippen molar-refractivity contribution in [1.82, 2.24) is 4.90 Å². The number of hydrogen-bond acceptors (Lipinski definition) is 4. The van der Waals surface area contributed by atoms with E-state index in [1.807, 2.05) is 57.2 Å². The Bertz CT molecular complexity index is 709. The molecule has 1 N–H and O–H groups in total. The molecule has 4 nitrogen and oxygen atoms in total. The number of carbonyl (C=O) groups excluding carboxylic acids is 1. The van der Waals surface area contributed by atoms with Gasteiger partial charge in [0.05, 0.1) is 12.7 Å². The number of rotatable bonds is 8. The summed E-state index contributed by atoms with van der Waals surface area (Å²) in [5.41, 5.74) is 1.69. The van der Waals surface area contributed by atoms with Crippen LogP contribution in [0.2, 0.25) is 0 Å². The summed E-state index contributed by atoms with van der Waals surface area (Å²) in [6.45, 7) is 12.1. The molecule has 29 heavy (non-hydrogen) atoms. The molecule has 2 rings (SSSR count). The normalized spacial score (nSPS) is 16.1. The summed E-state index contributed by atoms with van der Waals surface area (Å²) in [6, 6.07) is 19.2. The first-order valence-corrected chi connectivity index (χ1v) is 10.4. The second-order valence-electron chi connectivity index (χ2n) is 8.63. The summed E-state index contributed by atoms with van der Waals surface area (Å²) >= 11 is 0. The Morgan fingerprint density at radius 3 is 1.69 bits per heavy atom. The van der Waals surface area contributed by atoms with E-state index in [2.05, 4.69) is 43.0 Å². The van der Waals surface area contributed by atoms with Crippen LogP contribution in [0.25, 0.3) is 0 Å². The van der Waals surface area contributed by atoms with E-state index >= 15 is 0 Å². The molecule has 0 saturated carbocycles. The Labute approximate surface area is 175 Å². The zero-order chi connectivity index (χ0) is 21.6. The van der Waals surface area contributed by atoms with Crippen LogP contribution in [0.5, 0.6) is 0 Å². The lowest BCUT2D eigenvalue weighted by Gasteiger charge is -2.44. The molecule has 4 atom stereocenters. The molecule has 0 aromatic heterocycles. The molecule has 0 radical (unpaired) electrons. The molecule has 0 fully saturated rings. The number of hydrogen-bond donors (Lipinski definition) is 1. The largest absolute Gasteiger partial charge is 0.465 e. The van der Waals surface area contributed by atoms with Crippen molar-refractivity contribution in [2.24, 2.45) is 5.41 Å². The number of aliphatic hydroxyl groups excluding tert-OH is 1. The summed E-state index contributed by atoms with van der Waals surface area (Å²) in [6.07, 6.45) is -0.890. The number of carbonyl (C=O) groups is 1. The number of esters is 1. The van der Waals surface area contributed by atoms with Gasteiger partial charge >= 0.3 is 5.97 Å². The van der Waals surface area contributed by atoms with Crippen LogP contribution in [0.15, 0.2) is 60.7 Å². The zero-order valence-corrected chi connectivity index (χ0v) is 18.5. The van der Waals surface area contributed by atoms with E-state index in [0.29, 0.717) is 0 Å². The molecule has 2 aromatic rings. The van der Waals surface area contributed by atoms with Crippen LogP contribution in [0.3, 0.4) is 0 Å². The minimum absolute atomic E-state index is 0.0992. The maximum atomic E-state index is 13.1. The molecule has 0 unspecified atom stereocenters. The predicted octanol–water partition coefficient (Wildman–Crippen LogP) is 5.15. The molecule has 0 aliphatic carbocycles. The Morgan fingerprint density at radius 2 is 1.34 bits per heavy atom. The van der Waals surface area contributed by atoms with Gasteiger partial charge in [0.1, 0.15) is 6.04 Å². The van der Waals surface area contributed by atoms with Crippen molar-refractivity contribution in [1.29, 1.82) is 0 Å². The van der Waals surface area contributed by atoms with Crippen molar-refractivity contribution in [2.45, 2.75) is 65.8 Å². The third-order valence-electron chi connectivity index (χ3n) is 5.49. The van der Waals surface area contributed by atoms with E-state index in [1.54, 1.807) is 6.92 Å². The molecule has 2 aromatic carbocycles. The van der Waals surface area contributed by atoms with Gasteiger partial charge in [-0.15, -0.1) is 0 Å². The van der Waals surface area contributed by atoms with Gasteiger partial charge in [0.2, 0.25) is 0 Å². The lowest BCUT2D eigenvalue weighted by atomic mass is 9.82. The molecule has 0 aliphatic rings. The van der Waals surface area contributed by atoms with E-state index in [1.165, 1.54) is 0 Å². The minimum atomic E-state index is -0.890. The number of aliphatic hydroxyl groups is 1. The van der Waals surface area contributed by atoms with Crippen molar-refractivity contribution < 1.29 is 14.6 Å². The summed E-state index contributed by atoms with van der Waals surface area (Å²) in [5, 5.41) is 11.3. The molecular formula is C25H35NO3. The summed E-state index contributed by atoms with van der Waals surface area (Å²) < 4.78 is 5.43. The summed E-state index contributed by atoms with van der Waals surface area (Å²) in [4.78, 5) is 15.2. The molecular weight excluding hydrogens is 362 g/mol. The van der Waals surface area contributed by atoms with Crippen LogP contribution in [-0.4, -0.2) is 34.7 Å². The average molecular weight is 398 g/mol. The van der Waals surface area contributed by atoms with E-state index in [4.69, 9.17) is 4.74 Å². The van der Waals surface area contributed by atoms with E-state index < -0.39 is 17.6 Å². The zero-order valence-electron chi connectivity index (χ0n) is 18.5. The first-order valence-electron chi connectivity index (χ1n) is 10.4. The van der Waals surface area contributed by atoms with Crippen LogP contribution in [0.4, 0.5) is 0 Å². The highest BCUT2D eigenvalue weighted by atomic mass is 16.5. The fraction of sp³-hybridized carbons (Fsp3) is 0.480. The molecule has 4 heteroatoms. The van der Waals surface area contributed by atoms with Crippen molar-refractivity contribution >= 4 is 5.97 Å². The van der Waals surface area contributed by atoms with Gasteiger partial charge < -0.3 is 9.84 Å². The van der Waals surface area contributed by atoms with Gasteiger partial charge in [-0.05, 0) is 37.3 Å². The van der Waals surface area contributed by atoms with Crippen LogP contribution < -0.4 is 0 Å². The summed E-state index contributed by atoms with van der Waals surface area (Å²) in [5.74, 6) is -0.388. The minimum Gasteiger partial charge on any atom is -0.465 e. The topological polar surface area (TPSA) is 49.8 Å². The molecule has 0 spiro atoms. The van der Waals surface area contributed by atoms with E-state index in [-0.39, 0.29) is 24.7 Å². The highest BCUT2D eigenvalue weighted by Gasteiger charge is 2.44. The molecule has 0 heterocycles. The Morgan fingerprint density at radius 1 is 0.931 bits per heavy atom. The summed E-state index contributed by atoms with van der Waals surface area (Å²) in [7, 11) is 0. The fourth-order valence-corrected chi connectivity index (χ4v) is 3.74. The highest BCUT2D eigenvalue weighted by molar-refractivity contribution is 5.77. The molecule has 0 aliphatic heterocycles. The van der Waals surface area contributed by atoms with E-state index in [9.17, 15) is 9.90 Å². The first-order chi connectivity index (χ1) is 13.7. The Balaban J connectivity index is 2.58. The number of benzene rings is 2. The van der Waals surface area contributed by atoms with Gasteiger partial charge in [-0.3, -0.25) is 9.69 Å². The van der Waals surface area contributed by atoms with Gasteiger partial charge in [-0.1, -0.05) is 81.4 Å². The predicted molar refractivity (Wildman–Crippen MR) is 117 cm³/mol. The Kier molecular flexibility index (Phi) is 8.00. The van der Waals surface area contributed by atoms with Gasteiger partial charge in [0.15, 0.2) is 0 Å². The second-order valence-corrected chi connectivity index (χ2v) is 8.63. The van der Waals surface area contributed by atoms with Crippen LogP contribution in [0, 0.1) is 5.41 Å². The molecule has 0 saturated heterocycles. The third kappa shape index (κ3) is 5.68. The van der Waals surface area contributed by atoms with Crippen LogP contribution in [0.1, 0.15) is 64.8 Å². The Hall–Kier alpha value is -2.17. The standard InChI is InChI=1S/C25H35NO3/c1-7-29-24(28)22(23(27)25(4,5)6)26(18(2)20-14-10-8-11-15-20)19(3)21-16-12-9-13-17-21/h8-19,22-23,27H,7H2,1-6H3/t18-,19-,22+,23-/m1/s1. The van der Waals surface area contributed by atoms with Crippen LogP contribution in [-0.2, 0) is 9.53 Å². The lowest BCUT2D eigenvalue weighted by molar-refractivity contribution is -0.162. The van der Waals surface area contributed by atoms with Crippen LogP contribution >= 0.6 is 0 Å². The van der Waals surface area contributed by atoms with Crippen molar-refractivity contribution in [3.05, 3.63) is 71.8 Å². The number of ether oxygens (including phenoxy) is 1. The SMILES string of the molecule is CCOC(=O)[C@H]([C@@H](O)C(C)(C)C)N([C@H](C)c1ccccc1)[C@H](C)c1ccccc1. The van der Waals surface area contributed by atoms with Crippen molar-refractivity contribution in [3.8, 4) is 0 Å². The van der Waals surface area contributed by atoms with Gasteiger partial charge in [0.25, 0.3) is 0 Å². The maximum absolute atomic E-state index is 13.1. The smallest absolute Gasteiger partial charge is 0.326 e. The van der Waals surface area contributed by atoms with Gasteiger partial charge in [-0.2, -0.15) is 0 Å². The average Bonchev–Trinajstić information content (AvgIpc) is 2.71. The molecule has 0 bridgehead atoms. The maximum Gasteiger partial charge on any atom is 0.326 e. The van der Waals surface area contributed by atoms with Crippen molar-refractivity contribution in [2.75, 3.05) is 6.61 Å².